The van der Waals surface area contributed by atoms with Gasteiger partial charge < -0.3 is 14.8 Å². The number of nitrogens with one attached hydrogen (secondary N) is 2. The Morgan fingerprint density at radius 3 is 2.53 bits per heavy atom. The molecule has 2 N–H and O–H groups in total. The number of anilines is 2. The van der Waals surface area contributed by atoms with E-state index in [1.165, 1.54) is 51.8 Å². The maximum Gasteiger partial charge on any atom is 0.408 e. The van der Waals surface area contributed by atoms with Gasteiger partial charge in [0.1, 0.15) is 16.4 Å². The van der Waals surface area contributed by atoms with Crippen molar-refractivity contribution in [1.29, 1.82) is 0 Å². The molecule has 1 unspecified atom stereocenters. The molecule has 1 aromatic heterocycles. The number of carbonyl (C=O) groups excluding carboxylic acids is 1. The van der Waals surface area contributed by atoms with E-state index in [0.29, 0.717) is 11.3 Å². The van der Waals surface area contributed by atoms with Crippen molar-refractivity contribution < 1.29 is 31.5 Å². The second-order valence-electron chi connectivity index (χ2n) is 7.03. The number of amides is 1. The largest absolute Gasteiger partial charge is 0.492 e. The molecule has 0 bridgehead atoms. The van der Waals surface area contributed by atoms with Gasteiger partial charge in [0, 0.05) is 29.7 Å². The van der Waals surface area contributed by atoms with Gasteiger partial charge in [-0.3, -0.25) is 14.5 Å². The van der Waals surface area contributed by atoms with Crippen LogP contribution in [0.25, 0.3) is 0 Å². The van der Waals surface area contributed by atoms with Crippen LogP contribution in [0.15, 0.2) is 65.7 Å². The second-order valence-corrected chi connectivity index (χ2v) is 9.36. The van der Waals surface area contributed by atoms with Crippen LogP contribution in [0.3, 0.4) is 0 Å². The van der Waals surface area contributed by atoms with Crippen molar-refractivity contribution in [3.63, 3.8) is 0 Å². The van der Waals surface area contributed by atoms with Gasteiger partial charge in [0.2, 0.25) is 0 Å². The predicted molar refractivity (Wildman–Crippen MR) is 127 cm³/mol. The molecule has 0 saturated carbocycles. The summed E-state index contributed by atoms with van der Waals surface area (Å²) in [6.45, 7) is 3.63. The Hall–Kier alpha value is -3.30. The lowest BCUT2D eigenvalue weighted by molar-refractivity contribution is -0.0891. The molecule has 0 aliphatic carbocycles. The molecule has 1 amide bonds. The number of ether oxygens (including phenoxy) is 2. The fourth-order valence-corrected chi connectivity index (χ4v) is 4.19. The van der Waals surface area contributed by atoms with Crippen molar-refractivity contribution in [3.05, 3.63) is 72.1 Å². The van der Waals surface area contributed by atoms with E-state index in [4.69, 9.17) is 4.74 Å². The fourth-order valence-electron chi connectivity index (χ4n) is 2.87. The van der Waals surface area contributed by atoms with Gasteiger partial charge in [-0.05, 0) is 59.5 Å². The van der Waals surface area contributed by atoms with Crippen LogP contribution in [0.4, 0.5) is 20.2 Å². The maximum atomic E-state index is 13.1. The number of aryl methyl sites for hydroxylation is 1. The SMILES string of the molecule is CCOc1cc(NC(=O)c2ccc(C)nc2)ccc1S(=O)(=O)Nc1cccc(OC(F)(F)P)c1. The van der Waals surface area contributed by atoms with Crippen LogP contribution in [0, 0.1) is 6.92 Å². The minimum absolute atomic E-state index is 0.00118. The van der Waals surface area contributed by atoms with E-state index in [9.17, 15) is 22.0 Å². The number of aromatic nitrogens is 1. The minimum atomic E-state index is -4.17. The molecule has 0 spiro atoms. The first kappa shape index (κ1) is 25.3. The van der Waals surface area contributed by atoms with E-state index in [1.807, 2.05) is 0 Å². The summed E-state index contributed by atoms with van der Waals surface area (Å²) in [5, 5.41) is 2.67. The lowest BCUT2D eigenvalue weighted by Gasteiger charge is -2.16. The first-order valence-corrected chi connectivity index (χ1v) is 12.0. The summed E-state index contributed by atoms with van der Waals surface area (Å²) < 4.78 is 64.4. The third-order valence-corrected chi connectivity index (χ3v) is 5.84. The van der Waals surface area contributed by atoms with Gasteiger partial charge in [-0.15, -0.1) is 0 Å². The number of rotatable bonds is 9. The lowest BCUT2D eigenvalue weighted by atomic mass is 10.2. The Morgan fingerprint density at radius 2 is 1.88 bits per heavy atom. The standard InChI is InChI=1S/C22H22F2N3O5PS/c1-3-31-19-12-16(26-21(28)15-8-7-14(2)25-13-15)9-10-20(19)34(29,30)27-17-5-4-6-18(11-17)32-22(23,24)33/h4-13,27H,3,33H2,1-2H3,(H,26,28). The van der Waals surface area contributed by atoms with Gasteiger partial charge in [0.15, 0.2) is 0 Å². The topological polar surface area (TPSA) is 107 Å². The van der Waals surface area contributed by atoms with E-state index in [0.717, 1.165) is 11.8 Å². The molecule has 1 heterocycles. The Labute approximate surface area is 198 Å². The molecule has 0 saturated heterocycles. The molecule has 1 atom stereocenters. The Balaban J connectivity index is 1.84. The second kappa shape index (κ2) is 10.3. The smallest absolute Gasteiger partial charge is 0.408 e. The summed E-state index contributed by atoms with van der Waals surface area (Å²) in [5.41, 5.74) is 1.42. The summed E-state index contributed by atoms with van der Waals surface area (Å²) in [4.78, 5) is 16.3. The number of sulfonamides is 1. The number of hydrogen-bond acceptors (Lipinski definition) is 6. The maximum absolute atomic E-state index is 13.1. The fraction of sp³-hybridized carbons (Fsp3) is 0.182. The molecule has 34 heavy (non-hydrogen) atoms. The van der Waals surface area contributed by atoms with E-state index >= 15 is 0 Å². The summed E-state index contributed by atoms with van der Waals surface area (Å²) in [7, 11) is -2.94. The molecule has 2 aromatic carbocycles. The van der Waals surface area contributed by atoms with Crippen LogP contribution in [-0.2, 0) is 10.0 Å². The normalized spacial score (nSPS) is 11.6. The number of carbonyl (C=O) groups is 1. The molecule has 0 radical (unpaired) electrons. The molecule has 8 nitrogen and oxygen atoms in total. The molecule has 0 fully saturated rings. The zero-order chi connectivity index (χ0) is 24.9. The third-order valence-electron chi connectivity index (χ3n) is 4.30. The summed E-state index contributed by atoms with van der Waals surface area (Å²) in [5.74, 6) is -4.16. The quantitative estimate of drug-likeness (QED) is 0.407. The van der Waals surface area contributed by atoms with Crippen molar-refractivity contribution in [2.24, 2.45) is 0 Å². The van der Waals surface area contributed by atoms with Crippen molar-refractivity contribution in [2.75, 3.05) is 16.6 Å². The Bertz CT molecular complexity index is 1280. The average molecular weight is 509 g/mol. The molecular formula is C22H22F2N3O5PS. The van der Waals surface area contributed by atoms with E-state index in [2.05, 4.69) is 19.8 Å². The van der Waals surface area contributed by atoms with Crippen molar-refractivity contribution in [1.82, 2.24) is 4.98 Å². The van der Waals surface area contributed by atoms with Crippen LogP contribution in [-0.4, -0.2) is 31.8 Å². The highest BCUT2D eigenvalue weighted by Gasteiger charge is 2.24. The van der Waals surface area contributed by atoms with Gasteiger partial charge in [0.05, 0.1) is 17.9 Å². The summed E-state index contributed by atoms with van der Waals surface area (Å²) in [6, 6.07) is 12.5. The molecule has 3 rings (SSSR count). The zero-order valence-electron chi connectivity index (χ0n) is 18.2. The number of nitrogens with zero attached hydrogens (tertiary/aromatic N) is 1. The Kier molecular flexibility index (Phi) is 7.68. The third kappa shape index (κ3) is 6.85. The van der Waals surface area contributed by atoms with Crippen LogP contribution in [0.2, 0.25) is 0 Å². The Morgan fingerprint density at radius 1 is 1.12 bits per heavy atom. The van der Waals surface area contributed by atoms with Crippen LogP contribution >= 0.6 is 9.24 Å². The molecule has 3 aromatic rings. The first-order valence-electron chi connectivity index (χ1n) is 9.96. The van der Waals surface area contributed by atoms with Gasteiger partial charge in [-0.2, -0.15) is 8.78 Å². The van der Waals surface area contributed by atoms with Gasteiger partial charge in [-0.25, -0.2) is 8.42 Å². The molecular weight excluding hydrogens is 487 g/mol. The average Bonchev–Trinajstić information content (AvgIpc) is 2.73. The number of hydrogen-bond donors (Lipinski definition) is 2. The van der Waals surface area contributed by atoms with E-state index in [1.54, 1.807) is 26.0 Å². The number of pyridine rings is 1. The first-order chi connectivity index (χ1) is 16.0. The summed E-state index contributed by atoms with van der Waals surface area (Å²) >= 11 is 0. The molecule has 180 valence electrons. The highest BCUT2D eigenvalue weighted by Crippen LogP contribution is 2.32. The lowest BCUT2D eigenvalue weighted by Crippen LogP contribution is -2.17. The molecule has 0 aliphatic rings. The van der Waals surface area contributed by atoms with E-state index in [-0.39, 0.29) is 28.7 Å². The molecule has 0 aliphatic heterocycles. The van der Waals surface area contributed by atoms with Crippen LogP contribution in [0.1, 0.15) is 23.0 Å². The summed E-state index contributed by atoms with van der Waals surface area (Å²) in [6.07, 6.45) is 1.43. The monoisotopic (exact) mass is 509 g/mol. The zero-order valence-corrected chi connectivity index (χ0v) is 20.2. The van der Waals surface area contributed by atoms with Crippen molar-refractivity contribution in [2.45, 2.75) is 24.6 Å². The van der Waals surface area contributed by atoms with Crippen molar-refractivity contribution >= 4 is 36.5 Å². The van der Waals surface area contributed by atoms with E-state index < -0.39 is 21.8 Å². The van der Waals surface area contributed by atoms with Gasteiger partial charge in [0.25, 0.3) is 15.9 Å². The highest BCUT2D eigenvalue weighted by molar-refractivity contribution is 7.92. The van der Waals surface area contributed by atoms with Crippen molar-refractivity contribution in [3.8, 4) is 11.5 Å². The number of benzene rings is 2. The minimum Gasteiger partial charge on any atom is -0.492 e. The number of alkyl halides is 2. The van der Waals surface area contributed by atoms with Crippen LogP contribution < -0.4 is 19.5 Å². The number of halogens is 2. The molecule has 12 heteroatoms. The van der Waals surface area contributed by atoms with Crippen LogP contribution in [0.5, 0.6) is 11.5 Å². The predicted octanol–water partition coefficient (Wildman–Crippen LogP) is 4.65. The highest BCUT2D eigenvalue weighted by atomic mass is 32.2. The van der Waals surface area contributed by atoms with Gasteiger partial charge >= 0.3 is 5.85 Å². The van der Waals surface area contributed by atoms with Gasteiger partial charge in [-0.1, -0.05) is 6.07 Å².